The summed E-state index contributed by atoms with van der Waals surface area (Å²) in [7, 11) is 0. The lowest BCUT2D eigenvalue weighted by molar-refractivity contribution is 0.669. The van der Waals surface area contributed by atoms with E-state index in [-0.39, 0.29) is 0 Å². The molecular weight excluding hydrogens is 647 g/mol. The van der Waals surface area contributed by atoms with Gasteiger partial charge in [0, 0.05) is 50.1 Å². The Balaban J connectivity index is 1.08. The van der Waals surface area contributed by atoms with Gasteiger partial charge in [0.25, 0.3) is 0 Å². The van der Waals surface area contributed by atoms with E-state index in [1.54, 1.807) is 0 Å². The summed E-state index contributed by atoms with van der Waals surface area (Å²) in [5.41, 5.74) is 11.4. The highest BCUT2D eigenvalue weighted by Crippen LogP contribution is 2.44. The van der Waals surface area contributed by atoms with Crippen LogP contribution >= 0.6 is 0 Å². The van der Waals surface area contributed by atoms with E-state index in [2.05, 4.69) is 175 Å². The third-order valence-corrected chi connectivity index (χ3v) is 10.6. The molecule has 0 fully saturated rings. The minimum atomic E-state index is 0.855. The summed E-state index contributed by atoms with van der Waals surface area (Å²) >= 11 is 0. The number of anilines is 3. The van der Waals surface area contributed by atoms with Gasteiger partial charge in [0.15, 0.2) is 0 Å². The lowest BCUT2D eigenvalue weighted by Crippen LogP contribution is -2.09. The summed E-state index contributed by atoms with van der Waals surface area (Å²) < 4.78 is 13.0. The molecule has 0 bridgehead atoms. The van der Waals surface area contributed by atoms with Crippen molar-refractivity contribution < 1.29 is 8.83 Å². The number of para-hydroxylation sites is 1. The summed E-state index contributed by atoms with van der Waals surface area (Å²) in [5, 5.41) is 9.18. The standard InChI is InChI=1S/C50H31NO2/c1-2-12-33(13-3-1)44-31-45-41-28-27-38(30-48(41)53-50(45)42-16-7-6-15-40(42)44)51(37-26-21-32-11-4-5-14-35(32)29-37)36-24-22-34(23-25-36)39-18-10-20-47-49(39)43-17-8-9-19-46(43)52-47/h1-31H. The van der Waals surface area contributed by atoms with Crippen molar-refractivity contribution in [2.45, 2.75) is 0 Å². The van der Waals surface area contributed by atoms with Gasteiger partial charge in [-0.25, -0.2) is 0 Å². The molecule has 0 spiro atoms. The summed E-state index contributed by atoms with van der Waals surface area (Å²) in [4.78, 5) is 2.32. The van der Waals surface area contributed by atoms with Crippen LogP contribution in [0.2, 0.25) is 0 Å². The van der Waals surface area contributed by atoms with Gasteiger partial charge >= 0.3 is 0 Å². The number of fused-ring (bicyclic) bond motifs is 9. The second kappa shape index (κ2) is 11.7. The van der Waals surface area contributed by atoms with Crippen molar-refractivity contribution in [2.24, 2.45) is 0 Å². The van der Waals surface area contributed by atoms with Crippen molar-refractivity contribution in [3.05, 3.63) is 188 Å². The molecule has 11 rings (SSSR count). The van der Waals surface area contributed by atoms with E-state index >= 15 is 0 Å². The maximum atomic E-state index is 6.80. The number of furan rings is 2. The van der Waals surface area contributed by atoms with Gasteiger partial charge in [-0.2, -0.15) is 0 Å². The van der Waals surface area contributed by atoms with E-state index in [0.717, 1.165) is 77.5 Å². The van der Waals surface area contributed by atoms with Gasteiger partial charge in [-0.15, -0.1) is 0 Å². The van der Waals surface area contributed by atoms with Gasteiger partial charge in [-0.3, -0.25) is 0 Å². The Bertz CT molecular complexity index is 3170. The van der Waals surface area contributed by atoms with Gasteiger partial charge in [-0.1, -0.05) is 127 Å². The highest BCUT2D eigenvalue weighted by Gasteiger charge is 2.19. The molecule has 0 radical (unpaired) electrons. The summed E-state index contributed by atoms with van der Waals surface area (Å²) in [6.07, 6.45) is 0. The first-order valence-electron chi connectivity index (χ1n) is 18.0. The normalized spacial score (nSPS) is 11.8. The SMILES string of the molecule is c1ccc(-c2cc3c4ccc(N(c5ccc(-c6cccc7oc8ccccc8c67)cc5)c5ccc6ccccc6c5)cc4oc3c3ccccc23)cc1. The van der Waals surface area contributed by atoms with E-state index < -0.39 is 0 Å². The van der Waals surface area contributed by atoms with Crippen LogP contribution in [0.5, 0.6) is 0 Å². The second-order valence-corrected chi connectivity index (χ2v) is 13.7. The average Bonchev–Trinajstić information content (AvgIpc) is 3.80. The number of hydrogen-bond donors (Lipinski definition) is 0. The highest BCUT2D eigenvalue weighted by molar-refractivity contribution is 6.19. The first-order chi connectivity index (χ1) is 26.3. The average molecular weight is 678 g/mol. The zero-order chi connectivity index (χ0) is 34.9. The van der Waals surface area contributed by atoms with Crippen LogP contribution < -0.4 is 4.90 Å². The Labute approximate surface area is 305 Å². The third kappa shape index (κ3) is 4.75. The van der Waals surface area contributed by atoms with Crippen molar-refractivity contribution in [3.63, 3.8) is 0 Å². The summed E-state index contributed by atoms with van der Waals surface area (Å²) in [6.45, 7) is 0. The van der Waals surface area contributed by atoms with Crippen LogP contribution in [0.25, 0.3) is 87.7 Å². The smallest absolute Gasteiger partial charge is 0.143 e. The minimum absolute atomic E-state index is 0.855. The lowest BCUT2D eigenvalue weighted by atomic mass is 9.95. The van der Waals surface area contributed by atoms with Gasteiger partial charge in [0.2, 0.25) is 0 Å². The van der Waals surface area contributed by atoms with Crippen molar-refractivity contribution in [3.8, 4) is 22.3 Å². The second-order valence-electron chi connectivity index (χ2n) is 13.7. The quantitative estimate of drug-likeness (QED) is 0.182. The molecule has 2 heterocycles. The molecule has 0 atom stereocenters. The fraction of sp³-hybridized carbons (Fsp3) is 0. The molecule has 0 aliphatic rings. The maximum Gasteiger partial charge on any atom is 0.143 e. The first-order valence-corrected chi connectivity index (χ1v) is 18.0. The van der Waals surface area contributed by atoms with Crippen LogP contribution in [0, 0.1) is 0 Å². The molecule has 2 aromatic heterocycles. The molecule has 0 aliphatic heterocycles. The van der Waals surface area contributed by atoms with Crippen LogP contribution in [0.4, 0.5) is 17.1 Å². The lowest BCUT2D eigenvalue weighted by Gasteiger charge is -2.26. The molecule has 0 unspecified atom stereocenters. The number of nitrogens with zero attached hydrogens (tertiary/aromatic N) is 1. The number of rotatable bonds is 5. The Hall–Kier alpha value is -7.10. The van der Waals surface area contributed by atoms with Gasteiger partial charge in [-0.05, 0) is 93.0 Å². The van der Waals surface area contributed by atoms with Crippen LogP contribution in [0.1, 0.15) is 0 Å². The molecule has 3 heteroatoms. The van der Waals surface area contributed by atoms with Crippen LogP contribution in [-0.4, -0.2) is 0 Å². The van der Waals surface area contributed by atoms with Gasteiger partial charge in [0.05, 0.1) is 0 Å². The molecule has 0 saturated heterocycles. The van der Waals surface area contributed by atoms with E-state index in [1.807, 2.05) is 18.2 Å². The van der Waals surface area contributed by atoms with Crippen molar-refractivity contribution in [2.75, 3.05) is 4.90 Å². The largest absolute Gasteiger partial charge is 0.456 e. The van der Waals surface area contributed by atoms with Gasteiger partial charge < -0.3 is 13.7 Å². The zero-order valence-corrected chi connectivity index (χ0v) is 28.7. The fourth-order valence-electron chi connectivity index (χ4n) is 8.15. The fourth-order valence-corrected chi connectivity index (χ4v) is 8.15. The molecule has 3 nitrogen and oxygen atoms in total. The first kappa shape index (κ1) is 29.6. The molecule has 0 amide bonds. The predicted octanol–water partition coefficient (Wildman–Crippen LogP) is 14.6. The molecular formula is C50H31NO2. The molecule has 0 saturated carbocycles. The van der Waals surface area contributed by atoms with E-state index in [9.17, 15) is 0 Å². The Morgan fingerprint density at radius 1 is 0.321 bits per heavy atom. The number of hydrogen-bond acceptors (Lipinski definition) is 3. The van der Waals surface area contributed by atoms with E-state index in [0.29, 0.717) is 0 Å². The topological polar surface area (TPSA) is 29.5 Å². The molecule has 0 N–H and O–H groups in total. The maximum absolute atomic E-state index is 6.80. The van der Waals surface area contributed by atoms with E-state index in [1.165, 1.54) is 27.3 Å². The zero-order valence-electron chi connectivity index (χ0n) is 28.7. The van der Waals surface area contributed by atoms with Crippen LogP contribution in [-0.2, 0) is 0 Å². The molecule has 0 aliphatic carbocycles. The van der Waals surface area contributed by atoms with Crippen molar-refractivity contribution in [1.82, 2.24) is 0 Å². The molecule has 11 aromatic rings. The van der Waals surface area contributed by atoms with Crippen molar-refractivity contribution >= 4 is 82.5 Å². The summed E-state index contributed by atoms with van der Waals surface area (Å²) in [6, 6.07) is 66.7. The Kier molecular flexibility index (Phi) is 6.55. The van der Waals surface area contributed by atoms with Gasteiger partial charge in [0.1, 0.15) is 22.3 Å². The monoisotopic (exact) mass is 677 g/mol. The molecule has 53 heavy (non-hydrogen) atoms. The Morgan fingerprint density at radius 2 is 0.981 bits per heavy atom. The predicted molar refractivity (Wildman–Crippen MR) is 222 cm³/mol. The minimum Gasteiger partial charge on any atom is -0.456 e. The van der Waals surface area contributed by atoms with Crippen molar-refractivity contribution in [1.29, 1.82) is 0 Å². The summed E-state index contributed by atoms with van der Waals surface area (Å²) in [5.74, 6) is 0. The number of benzene rings is 9. The van der Waals surface area contributed by atoms with Crippen LogP contribution in [0.15, 0.2) is 197 Å². The third-order valence-electron chi connectivity index (χ3n) is 10.6. The van der Waals surface area contributed by atoms with Crippen LogP contribution in [0.3, 0.4) is 0 Å². The highest BCUT2D eigenvalue weighted by atomic mass is 16.3. The molecule has 248 valence electrons. The molecule has 9 aromatic carbocycles. The van der Waals surface area contributed by atoms with E-state index in [4.69, 9.17) is 8.83 Å². The Morgan fingerprint density at radius 3 is 1.85 bits per heavy atom.